The average molecular weight is 169 g/mol. The molecule has 2 atom stereocenters. The van der Waals surface area contributed by atoms with Crippen LogP contribution >= 0.6 is 0 Å². The smallest absolute Gasteiger partial charge is 0.0497 e. The highest BCUT2D eigenvalue weighted by atomic mass is 16.5. The topological polar surface area (TPSA) is 35.2 Å². The number of hydrogen-bond donors (Lipinski definition) is 1. The molecule has 0 aromatic carbocycles. The second-order valence-electron chi connectivity index (χ2n) is 4.20. The van der Waals surface area contributed by atoms with Crippen molar-refractivity contribution in [1.82, 2.24) is 0 Å². The zero-order valence-corrected chi connectivity index (χ0v) is 7.67. The van der Waals surface area contributed by atoms with E-state index in [1.165, 1.54) is 25.7 Å². The molecule has 0 aromatic heterocycles. The molecule has 0 spiro atoms. The molecule has 1 saturated carbocycles. The Morgan fingerprint density at radius 1 is 1.25 bits per heavy atom. The third-order valence-corrected chi connectivity index (χ3v) is 3.30. The summed E-state index contributed by atoms with van der Waals surface area (Å²) < 4.78 is 5.42. The largest absolute Gasteiger partial charge is 0.381 e. The maximum absolute atomic E-state index is 5.62. The average Bonchev–Trinajstić information content (AvgIpc) is 2.77. The summed E-state index contributed by atoms with van der Waals surface area (Å²) in [6, 6.07) is 0. The predicted molar refractivity (Wildman–Crippen MR) is 48.8 cm³/mol. The number of rotatable bonds is 4. The van der Waals surface area contributed by atoms with Crippen LogP contribution in [0.25, 0.3) is 0 Å². The minimum Gasteiger partial charge on any atom is -0.381 e. The Morgan fingerprint density at radius 2 is 2.08 bits per heavy atom. The molecule has 1 saturated heterocycles. The van der Waals surface area contributed by atoms with E-state index in [9.17, 15) is 0 Å². The Balaban J connectivity index is 1.85. The van der Waals surface area contributed by atoms with Gasteiger partial charge in [-0.3, -0.25) is 0 Å². The van der Waals surface area contributed by atoms with Gasteiger partial charge in [0, 0.05) is 13.2 Å². The van der Waals surface area contributed by atoms with Crippen LogP contribution in [-0.2, 0) is 4.74 Å². The fourth-order valence-corrected chi connectivity index (χ4v) is 2.46. The van der Waals surface area contributed by atoms with Crippen LogP contribution in [0, 0.1) is 17.8 Å². The van der Waals surface area contributed by atoms with Crippen molar-refractivity contribution in [3.63, 3.8) is 0 Å². The third-order valence-electron chi connectivity index (χ3n) is 3.30. The first-order valence-electron chi connectivity index (χ1n) is 5.19. The normalized spacial score (nSPS) is 32.2. The standard InChI is InChI=1S/C10H19NO/c11-5-3-10(8-1-2-8)9-4-6-12-7-9/h8-10H,1-7,11H2. The predicted octanol–water partition coefficient (Wildman–Crippen LogP) is 1.40. The van der Waals surface area contributed by atoms with E-state index in [0.717, 1.165) is 37.5 Å². The lowest BCUT2D eigenvalue weighted by Crippen LogP contribution is -2.20. The Bertz CT molecular complexity index is 139. The molecule has 2 unspecified atom stereocenters. The van der Waals surface area contributed by atoms with Crippen LogP contribution in [0.5, 0.6) is 0 Å². The molecule has 2 N–H and O–H groups in total. The van der Waals surface area contributed by atoms with Gasteiger partial charge in [-0.05, 0) is 50.0 Å². The zero-order chi connectivity index (χ0) is 8.39. The van der Waals surface area contributed by atoms with Gasteiger partial charge in [-0.15, -0.1) is 0 Å². The van der Waals surface area contributed by atoms with E-state index in [4.69, 9.17) is 10.5 Å². The summed E-state index contributed by atoms with van der Waals surface area (Å²) >= 11 is 0. The van der Waals surface area contributed by atoms with E-state index in [0.29, 0.717) is 0 Å². The van der Waals surface area contributed by atoms with Gasteiger partial charge >= 0.3 is 0 Å². The molecule has 0 bridgehead atoms. The van der Waals surface area contributed by atoms with Gasteiger partial charge in [-0.25, -0.2) is 0 Å². The molecule has 2 heteroatoms. The highest BCUT2D eigenvalue weighted by Crippen LogP contribution is 2.44. The Kier molecular flexibility index (Phi) is 2.66. The molecule has 2 aliphatic rings. The van der Waals surface area contributed by atoms with Crippen LogP contribution in [0.1, 0.15) is 25.7 Å². The van der Waals surface area contributed by atoms with Crippen molar-refractivity contribution in [1.29, 1.82) is 0 Å². The SMILES string of the molecule is NCCC(C1CC1)C1CCOC1. The first-order chi connectivity index (χ1) is 5.92. The highest BCUT2D eigenvalue weighted by molar-refractivity contribution is 4.87. The molecule has 1 heterocycles. The van der Waals surface area contributed by atoms with Gasteiger partial charge < -0.3 is 10.5 Å². The van der Waals surface area contributed by atoms with Crippen LogP contribution < -0.4 is 5.73 Å². The summed E-state index contributed by atoms with van der Waals surface area (Å²) in [6.07, 6.45) is 5.39. The zero-order valence-electron chi connectivity index (χ0n) is 7.67. The Morgan fingerprint density at radius 3 is 2.58 bits per heavy atom. The van der Waals surface area contributed by atoms with Crippen molar-refractivity contribution >= 4 is 0 Å². The first-order valence-corrected chi connectivity index (χ1v) is 5.19. The third kappa shape index (κ3) is 1.80. The summed E-state index contributed by atoms with van der Waals surface area (Å²) in [6.45, 7) is 2.84. The van der Waals surface area contributed by atoms with Crippen molar-refractivity contribution in [2.45, 2.75) is 25.7 Å². The van der Waals surface area contributed by atoms with E-state index >= 15 is 0 Å². The molecule has 0 amide bonds. The van der Waals surface area contributed by atoms with Gasteiger partial charge in [-0.1, -0.05) is 0 Å². The molecule has 2 fully saturated rings. The van der Waals surface area contributed by atoms with E-state index in [2.05, 4.69) is 0 Å². The quantitative estimate of drug-likeness (QED) is 0.690. The van der Waals surface area contributed by atoms with Gasteiger partial charge in [0.1, 0.15) is 0 Å². The van der Waals surface area contributed by atoms with Gasteiger partial charge in [0.25, 0.3) is 0 Å². The summed E-state index contributed by atoms with van der Waals surface area (Å²) in [5.74, 6) is 2.72. The minimum atomic E-state index is 0.834. The van der Waals surface area contributed by atoms with Crippen LogP contribution in [0.2, 0.25) is 0 Å². The lowest BCUT2D eigenvalue weighted by atomic mass is 9.85. The van der Waals surface area contributed by atoms with E-state index < -0.39 is 0 Å². The molecule has 2 rings (SSSR count). The molecule has 70 valence electrons. The number of hydrogen-bond acceptors (Lipinski definition) is 2. The number of ether oxygens (including phenoxy) is 1. The fraction of sp³-hybridized carbons (Fsp3) is 1.00. The van der Waals surface area contributed by atoms with Crippen molar-refractivity contribution in [2.24, 2.45) is 23.5 Å². The highest BCUT2D eigenvalue weighted by Gasteiger charge is 2.37. The Hall–Kier alpha value is -0.0800. The maximum Gasteiger partial charge on any atom is 0.0497 e. The van der Waals surface area contributed by atoms with E-state index in [-0.39, 0.29) is 0 Å². The van der Waals surface area contributed by atoms with Gasteiger partial charge in [-0.2, -0.15) is 0 Å². The van der Waals surface area contributed by atoms with Gasteiger partial charge in [0.05, 0.1) is 0 Å². The van der Waals surface area contributed by atoms with Gasteiger partial charge in [0.15, 0.2) is 0 Å². The van der Waals surface area contributed by atoms with Crippen LogP contribution in [-0.4, -0.2) is 19.8 Å². The summed E-state index contributed by atoms with van der Waals surface area (Å²) in [7, 11) is 0. The monoisotopic (exact) mass is 169 g/mol. The molecular formula is C10H19NO. The summed E-state index contributed by atoms with van der Waals surface area (Å²) in [5, 5.41) is 0. The lowest BCUT2D eigenvalue weighted by molar-refractivity contribution is 0.164. The van der Waals surface area contributed by atoms with Crippen molar-refractivity contribution in [2.75, 3.05) is 19.8 Å². The van der Waals surface area contributed by atoms with Gasteiger partial charge in [0.2, 0.25) is 0 Å². The van der Waals surface area contributed by atoms with Crippen molar-refractivity contribution < 1.29 is 4.74 Å². The summed E-state index contributed by atoms with van der Waals surface area (Å²) in [5.41, 5.74) is 5.62. The number of nitrogens with two attached hydrogens (primary N) is 1. The Labute approximate surface area is 74.5 Å². The summed E-state index contributed by atoms with van der Waals surface area (Å²) in [4.78, 5) is 0. The molecule has 1 aliphatic carbocycles. The maximum atomic E-state index is 5.62. The van der Waals surface area contributed by atoms with E-state index in [1.54, 1.807) is 0 Å². The molecule has 0 radical (unpaired) electrons. The second kappa shape index (κ2) is 3.75. The fourth-order valence-electron chi connectivity index (χ4n) is 2.46. The van der Waals surface area contributed by atoms with Crippen LogP contribution in [0.4, 0.5) is 0 Å². The van der Waals surface area contributed by atoms with Crippen molar-refractivity contribution in [3.8, 4) is 0 Å². The first kappa shape index (κ1) is 8.52. The van der Waals surface area contributed by atoms with Crippen LogP contribution in [0.15, 0.2) is 0 Å². The second-order valence-corrected chi connectivity index (χ2v) is 4.20. The molecule has 0 aromatic rings. The molecule has 2 nitrogen and oxygen atoms in total. The van der Waals surface area contributed by atoms with Crippen molar-refractivity contribution in [3.05, 3.63) is 0 Å². The molecular weight excluding hydrogens is 150 g/mol. The molecule has 1 aliphatic heterocycles. The lowest BCUT2D eigenvalue weighted by Gasteiger charge is -2.20. The van der Waals surface area contributed by atoms with E-state index in [1.807, 2.05) is 0 Å². The van der Waals surface area contributed by atoms with Crippen LogP contribution in [0.3, 0.4) is 0 Å². The molecule has 12 heavy (non-hydrogen) atoms. The minimum absolute atomic E-state index is 0.834.